The minimum Gasteiger partial charge on any atom is -0.497 e. The number of aryl methyl sites for hydroxylation is 1. The Morgan fingerprint density at radius 1 is 1.14 bits per heavy atom. The van der Waals surface area contributed by atoms with Crippen molar-refractivity contribution < 1.29 is 18.8 Å². The summed E-state index contributed by atoms with van der Waals surface area (Å²) >= 11 is 0. The van der Waals surface area contributed by atoms with Crippen molar-refractivity contribution in [2.45, 2.75) is 6.92 Å². The van der Waals surface area contributed by atoms with Gasteiger partial charge in [-0.1, -0.05) is 5.16 Å². The van der Waals surface area contributed by atoms with Crippen LogP contribution in [0.1, 0.15) is 5.76 Å². The summed E-state index contributed by atoms with van der Waals surface area (Å²) in [6.45, 7) is 6.42. The highest BCUT2D eigenvalue weighted by atomic mass is 16.5. The lowest BCUT2D eigenvalue weighted by Crippen LogP contribution is -2.49. The van der Waals surface area contributed by atoms with E-state index in [0.29, 0.717) is 18.8 Å². The van der Waals surface area contributed by atoms with Crippen molar-refractivity contribution in [2.24, 2.45) is 0 Å². The summed E-state index contributed by atoms with van der Waals surface area (Å²) in [6, 6.07) is 9.59. The molecular formula is C19H25N5O4. The van der Waals surface area contributed by atoms with Crippen LogP contribution in [-0.2, 0) is 9.59 Å². The molecule has 0 bridgehead atoms. The molecule has 9 nitrogen and oxygen atoms in total. The van der Waals surface area contributed by atoms with Crippen molar-refractivity contribution in [1.82, 2.24) is 15.4 Å². The number of carbonyl (C=O) groups is 2. The van der Waals surface area contributed by atoms with E-state index in [1.54, 1.807) is 20.1 Å². The van der Waals surface area contributed by atoms with Gasteiger partial charge in [0.1, 0.15) is 11.5 Å². The second-order valence-electron chi connectivity index (χ2n) is 6.56. The first kappa shape index (κ1) is 19.7. The second kappa shape index (κ2) is 9.23. The first-order valence-electron chi connectivity index (χ1n) is 9.19. The van der Waals surface area contributed by atoms with E-state index in [4.69, 9.17) is 9.26 Å². The highest BCUT2D eigenvalue weighted by molar-refractivity contribution is 6.39. The normalized spacial score (nSPS) is 14.6. The average molecular weight is 387 g/mol. The van der Waals surface area contributed by atoms with Crippen molar-refractivity contribution in [1.29, 1.82) is 0 Å². The van der Waals surface area contributed by atoms with Crippen LogP contribution in [0.3, 0.4) is 0 Å². The summed E-state index contributed by atoms with van der Waals surface area (Å²) in [6.07, 6.45) is 0. The number of carbonyl (C=O) groups excluding carboxylic acids is 2. The maximum atomic E-state index is 11.9. The van der Waals surface area contributed by atoms with Crippen molar-refractivity contribution >= 4 is 23.3 Å². The molecule has 1 saturated heterocycles. The van der Waals surface area contributed by atoms with Crippen LogP contribution in [0.5, 0.6) is 5.75 Å². The van der Waals surface area contributed by atoms with Gasteiger partial charge in [-0.15, -0.1) is 0 Å². The van der Waals surface area contributed by atoms with Crippen LogP contribution >= 0.6 is 0 Å². The van der Waals surface area contributed by atoms with Gasteiger partial charge < -0.3 is 19.5 Å². The van der Waals surface area contributed by atoms with E-state index in [1.165, 1.54) is 5.69 Å². The molecule has 0 aliphatic carbocycles. The van der Waals surface area contributed by atoms with Crippen molar-refractivity contribution in [2.75, 3.05) is 56.6 Å². The fourth-order valence-electron chi connectivity index (χ4n) is 3.03. The van der Waals surface area contributed by atoms with E-state index in [-0.39, 0.29) is 5.82 Å². The van der Waals surface area contributed by atoms with Gasteiger partial charge in [-0.3, -0.25) is 19.8 Å². The fourth-order valence-corrected chi connectivity index (χ4v) is 3.03. The van der Waals surface area contributed by atoms with E-state index in [2.05, 4.69) is 37.7 Å². The molecule has 2 heterocycles. The highest BCUT2D eigenvalue weighted by Gasteiger charge is 2.19. The molecule has 28 heavy (non-hydrogen) atoms. The topological polar surface area (TPSA) is 99.9 Å². The predicted molar refractivity (Wildman–Crippen MR) is 105 cm³/mol. The summed E-state index contributed by atoms with van der Waals surface area (Å²) < 4.78 is 10.0. The summed E-state index contributed by atoms with van der Waals surface area (Å²) in [5.74, 6) is 0.202. The largest absolute Gasteiger partial charge is 0.497 e. The van der Waals surface area contributed by atoms with Crippen LogP contribution in [0.2, 0.25) is 0 Å². The van der Waals surface area contributed by atoms with Gasteiger partial charge >= 0.3 is 11.8 Å². The van der Waals surface area contributed by atoms with E-state index < -0.39 is 11.8 Å². The van der Waals surface area contributed by atoms with Gasteiger partial charge in [-0.25, -0.2) is 0 Å². The smallest absolute Gasteiger partial charge is 0.314 e. The third kappa shape index (κ3) is 5.23. The number of aromatic nitrogens is 1. The van der Waals surface area contributed by atoms with Crippen LogP contribution in [0, 0.1) is 6.92 Å². The van der Waals surface area contributed by atoms with Crippen molar-refractivity contribution in [3.8, 4) is 5.75 Å². The highest BCUT2D eigenvalue weighted by Crippen LogP contribution is 2.20. The molecule has 1 aliphatic heterocycles. The standard InChI is InChI=1S/C19H25N5O4/c1-14-13-17(22-28-14)21-19(26)18(25)20-7-8-23-9-11-24(12-10-23)15-3-5-16(27-2)6-4-15/h3-6,13H,7-12H2,1-2H3,(H,20,25)(H,21,22,26). The maximum absolute atomic E-state index is 11.9. The van der Waals surface area contributed by atoms with Crippen molar-refractivity contribution in [3.05, 3.63) is 36.1 Å². The molecule has 1 aromatic carbocycles. The zero-order chi connectivity index (χ0) is 19.9. The van der Waals surface area contributed by atoms with Gasteiger partial charge in [0.15, 0.2) is 5.82 Å². The molecule has 0 unspecified atom stereocenters. The molecule has 0 atom stereocenters. The number of rotatable bonds is 6. The molecule has 0 saturated carbocycles. The summed E-state index contributed by atoms with van der Waals surface area (Å²) in [7, 11) is 1.66. The zero-order valence-corrected chi connectivity index (χ0v) is 16.1. The number of amides is 2. The molecule has 9 heteroatoms. The van der Waals surface area contributed by atoms with Gasteiger partial charge in [0.2, 0.25) is 0 Å². The Bertz CT molecular complexity index is 797. The minimum atomic E-state index is -0.752. The number of benzene rings is 1. The zero-order valence-electron chi connectivity index (χ0n) is 16.1. The fraction of sp³-hybridized carbons (Fsp3) is 0.421. The molecule has 1 aliphatic rings. The monoisotopic (exact) mass is 387 g/mol. The Balaban J connectivity index is 1.35. The molecule has 1 fully saturated rings. The Hall–Kier alpha value is -3.07. The number of nitrogens with zero attached hydrogens (tertiary/aromatic N) is 3. The molecule has 0 radical (unpaired) electrons. The molecule has 2 aromatic rings. The van der Waals surface area contributed by atoms with Crippen molar-refractivity contribution in [3.63, 3.8) is 0 Å². The minimum absolute atomic E-state index is 0.229. The Kier molecular flexibility index (Phi) is 6.49. The third-order valence-corrected chi connectivity index (χ3v) is 4.60. The SMILES string of the molecule is COc1ccc(N2CCN(CCNC(=O)C(=O)Nc3cc(C)on3)CC2)cc1. The van der Waals surface area contributed by atoms with Gasteiger partial charge in [0, 0.05) is 51.0 Å². The van der Waals surface area contributed by atoms with E-state index in [9.17, 15) is 9.59 Å². The first-order valence-corrected chi connectivity index (χ1v) is 9.19. The van der Waals surface area contributed by atoms with Crippen LogP contribution in [0.25, 0.3) is 0 Å². The van der Waals surface area contributed by atoms with E-state index in [0.717, 1.165) is 31.9 Å². The van der Waals surface area contributed by atoms with Gasteiger partial charge in [-0.05, 0) is 31.2 Å². The van der Waals surface area contributed by atoms with Crippen LogP contribution in [0.4, 0.5) is 11.5 Å². The lowest BCUT2D eigenvalue weighted by molar-refractivity contribution is -0.136. The van der Waals surface area contributed by atoms with Crippen LogP contribution in [0.15, 0.2) is 34.9 Å². The molecular weight excluding hydrogens is 362 g/mol. The lowest BCUT2D eigenvalue weighted by Gasteiger charge is -2.36. The number of nitrogens with one attached hydrogen (secondary N) is 2. The number of hydrogen-bond donors (Lipinski definition) is 2. The second-order valence-corrected chi connectivity index (χ2v) is 6.56. The summed E-state index contributed by atoms with van der Waals surface area (Å²) in [5, 5.41) is 8.66. The maximum Gasteiger partial charge on any atom is 0.314 e. The number of methoxy groups -OCH3 is 1. The van der Waals surface area contributed by atoms with Crippen LogP contribution < -0.4 is 20.3 Å². The number of hydrogen-bond acceptors (Lipinski definition) is 7. The molecule has 2 N–H and O–H groups in total. The molecule has 1 aromatic heterocycles. The number of ether oxygens (including phenoxy) is 1. The van der Waals surface area contributed by atoms with Gasteiger partial charge in [0.05, 0.1) is 7.11 Å². The lowest BCUT2D eigenvalue weighted by atomic mass is 10.2. The number of anilines is 2. The van der Waals surface area contributed by atoms with E-state index in [1.807, 2.05) is 12.1 Å². The molecule has 0 spiro atoms. The summed E-state index contributed by atoms with van der Waals surface area (Å²) in [5.41, 5.74) is 1.17. The first-order chi connectivity index (χ1) is 13.5. The summed E-state index contributed by atoms with van der Waals surface area (Å²) in [4.78, 5) is 28.3. The van der Waals surface area contributed by atoms with Crippen LogP contribution in [-0.4, -0.2) is 68.2 Å². The molecule has 3 rings (SSSR count). The van der Waals surface area contributed by atoms with Gasteiger partial charge in [-0.2, -0.15) is 0 Å². The predicted octanol–water partition coefficient (Wildman–Crippen LogP) is 0.869. The molecule has 150 valence electrons. The van der Waals surface area contributed by atoms with E-state index >= 15 is 0 Å². The Morgan fingerprint density at radius 3 is 2.46 bits per heavy atom. The average Bonchev–Trinajstić information content (AvgIpc) is 3.13. The quantitative estimate of drug-likeness (QED) is 0.710. The Morgan fingerprint density at radius 2 is 1.86 bits per heavy atom. The number of piperazine rings is 1. The molecule has 2 amide bonds. The van der Waals surface area contributed by atoms with Gasteiger partial charge in [0.25, 0.3) is 0 Å². The Labute approximate surface area is 163 Å². The third-order valence-electron chi connectivity index (χ3n) is 4.60.